The van der Waals surface area contributed by atoms with Crippen LogP contribution >= 0.6 is 22.7 Å². The minimum absolute atomic E-state index is 0.133. The van der Waals surface area contributed by atoms with E-state index in [1.54, 1.807) is 0 Å². The highest BCUT2D eigenvalue weighted by atomic mass is 32.1. The normalized spacial score (nSPS) is 25.1. The van der Waals surface area contributed by atoms with Gasteiger partial charge in [0.1, 0.15) is 5.60 Å². The highest BCUT2D eigenvalue weighted by Gasteiger charge is 2.41. The molecule has 1 aliphatic rings. The molecule has 1 aliphatic heterocycles. The topological polar surface area (TPSA) is 9.23 Å². The van der Waals surface area contributed by atoms with E-state index >= 15 is 0 Å². The van der Waals surface area contributed by atoms with Crippen LogP contribution in [0.15, 0.2) is 29.0 Å². The van der Waals surface area contributed by atoms with E-state index in [0.29, 0.717) is 0 Å². The molecule has 3 heteroatoms. The van der Waals surface area contributed by atoms with E-state index in [1.807, 2.05) is 22.7 Å². The van der Waals surface area contributed by atoms with Crippen molar-refractivity contribution in [3.63, 3.8) is 0 Å². The van der Waals surface area contributed by atoms with Gasteiger partial charge in [0.25, 0.3) is 0 Å². The Bertz CT molecular complexity index is 464. The predicted octanol–water partition coefficient (Wildman–Crippen LogP) is 4.17. The number of hydrogen-bond acceptors (Lipinski definition) is 3. The summed E-state index contributed by atoms with van der Waals surface area (Å²) in [4.78, 5) is 2.75. The largest absolute Gasteiger partial charge is 0.364 e. The standard InChI is InChI=1S/C13H14OS2/c1-10-5-9-16-12(10)13(6-3-7-14-13)11-4-2-8-15-11/h2,4-5,8-9H,3,6-7H2,1H3/t13-/m1/s1. The van der Waals surface area contributed by atoms with Crippen LogP contribution < -0.4 is 0 Å². The van der Waals surface area contributed by atoms with Crippen LogP contribution in [-0.4, -0.2) is 6.61 Å². The maximum absolute atomic E-state index is 6.13. The van der Waals surface area contributed by atoms with Crippen LogP contribution in [-0.2, 0) is 10.3 Å². The molecular weight excluding hydrogens is 236 g/mol. The molecule has 3 rings (SSSR count). The molecule has 0 spiro atoms. The summed E-state index contributed by atoms with van der Waals surface area (Å²) in [5, 5.41) is 4.31. The van der Waals surface area contributed by atoms with Crippen molar-refractivity contribution >= 4 is 22.7 Å². The Morgan fingerprint density at radius 1 is 1.25 bits per heavy atom. The fourth-order valence-corrected chi connectivity index (χ4v) is 4.52. The van der Waals surface area contributed by atoms with Gasteiger partial charge in [-0.1, -0.05) is 6.07 Å². The molecule has 0 unspecified atom stereocenters. The molecule has 1 nitrogen and oxygen atoms in total. The van der Waals surface area contributed by atoms with Gasteiger partial charge in [0, 0.05) is 16.4 Å². The van der Waals surface area contributed by atoms with Crippen molar-refractivity contribution in [2.45, 2.75) is 25.4 Å². The van der Waals surface area contributed by atoms with Gasteiger partial charge in [0.05, 0.1) is 0 Å². The summed E-state index contributed by atoms with van der Waals surface area (Å²) >= 11 is 3.63. The molecule has 0 N–H and O–H groups in total. The highest BCUT2D eigenvalue weighted by molar-refractivity contribution is 7.11. The van der Waals surface area contributed by atoms with Gasteiger partial charge < -0.3 is 4.74 Å². The van der Waals surface area contributed by atoms with E-state index < -0.39 is 0 Å². The van der Waals surface area contributed by atoms with Gasteiger partial charge in [0.15, 0.2) is 0 Å². The number of rotatable bonds is 2. The Labute approximate surface area is 104 Å². The van der Waals surface area contributed by atoms with Crippen molar-refractivity contribution < 1.29 is 4.74 Å². The fraction of sp³-hybridized carbons (Fsp3) is 0.385. The molecule has 0 bridgehead atoms. The lowest BCUT2D eigenvalue weighted by atomic mass is 9.94. The van der Waals surface area contributed by atoms with Crippen molar-refractivity contribution in [2.24, 2.45) is 0 Å². The zero-order valence-electron chi connectivity index (χ0n) is 9.23. The Kier molecular flexibility index (Phi) is 2.62. The third-order valence-corrected chi connectivity index (χ3v) is 5.34. The van der Waals surface area contributed by atoms with Gasteiger partial charge in [-0.2, -0.15) is 0 Å². The lowest BCUT2D eigenvalue weighted by molar-refractivity contribution is 0.0415. The first-order chi connectivity index (χ1) is 7.83. The second kappa shape index (κ2) is 3.99. The first kappa shape index (κ1) is 10.5. The van der Waals surface area contributed by atoms with Crippen LogP contribution in [0, 0.1) is 6.92 Å². The molecule has 0 amide bonds. The van der Waals surface area contributed by atoms with Gasteiger partial charge in [-0.3, -0.25) is 0 Å². The Morgan fingerprint density at radius 2 is 2.19 bits per heavy atom. The van der Waals surface area contributed by atoms with E-state index in [9.17, 15) is 0 Å². The lowest BCUT2D eigenvalue weighted by Crippen LogP contribution is -2.24. The van der Waals surface area contributed by atoms with Crippen molar-refractivity contribution in [1.29, 1.82) is 0 Å². The molecule has 84 valence electrons. The monoisotopic (exact) mass is 250 g/mol. The summed E-state index contributed by atoms with van der Waals surface area (Å²) < 4.78 is 6.13. The summed E-state index contributed by atoms with van der Waals surface area (Å²) in [6.07, 6.45) is 2.28. The summed E-state index contributed by atoms with van der Waals surface area (Å²) in [7, 11) is 0. The van der Waals surface area contributed by atoms with E-state index in [-0.39, 0.29) is 5.60 Å². The van der Waals surface area contributed by atoms with Crippen LogP contribution in [0.1, 0.15) is 28.2 Å². The van der Waals surface area contributed by atoms with Gasteiger partial charge >= 0.3 is 0 Å². The molecule has 1 fully saturated rings. The molecule has 0 radical (unpaired) electrons. The summed E-state index contributed by atoms with van der Waals surface area (Å²) in [6, 6.07) is 6.51. The van der Waals surface area contributed by atoms with Gasteiger partial charge in [-0.15, -0.1) is 22.7 Å². The molecule has 2 aromatic rings. The van der Waals surface area contributed by atoms with E-state index in [1.165, 1.54) is 15.3 Å². The average Bonchev–Trinajstić information content (AvgIpc) is 2.97. The number of ether oxygens (including phenoxy) is 1. The maximum Gasteiger partial charge on any atom is 0.137 e. The number of aryl methyl sites for hydroxylation is 1. The second-order valence-corrected chi connectivity index (χ2v) is 6.05. The average molecular weight is 250 g/mol. The summed E-state index contributed by atoms with van der Waals surface area (Å²) in [6.45, 7) is 3.07. The Morgan fingerprint density at radius 3 is 2.75 bits per heavy atom. The molecule has 1 atom stereocenters. The zero-order valence-corrected chi connectivity index (χ0v) is 10.9. The molecule has 0 aliphatic carbocycles. The zero-order chi connectivity index (χ0) is 11.0. The minimum atomic E-state index is -0.133. The van der Waals surface area contributed by atoms with Gasteiger partial charge in [-0.05, 0) is 48.2 Å². The van der Waals surface area contributed by atoms with Gasteiger partial charge in [-0.25, -0.2) is 0 Å². The first-order valence-corrected chi connectivity index (χ1v) is 7.31. The number of thiophene rings is 2. The van der Waals surface area contributed by atoms with Crippen molar-refractivity contribution in [3.05, 3.63) is 44.3 Å². The molecule has 3 heterocycles. The predicted molar refractivity (Wildman–Crippen MR) is 69.3 cm³/mol. The quantitative estimate of drug-likeness (QED) is 0.777. The fourth-order valence-electron chi connectivity index (χ4n) is 2.42. The van der Waals surface area contributed by atoms with Crippen LogP contribution in [0.5, 0.6) is 0 Å². The number of hydrogen-bond donors (Lipinski definition) is 0. The van der Waals surface area contributed by atoms with Crippen LogP contribution in [0.4, 0.5) is 0 Å². The molecule has 1 saturated heterocycles. The smallest absolute Gasteiger partial charge is 0.137 e. The van der Waals surface area contributed by atoms with Crippen molar-refractivity contribution in [3.8, 4) is 0 Å². The van der Waals surface area contributed by atoms with Crippen molar-refractivity contribution in [1.82, 2.24) is 0 Å². The second-order valence-electron chi connectivity index (χ2n) is 4.19. The molecule has 0 aromatic carbocycles. The summed E-state index contributed by atoms with van der Waals surface area (Å²) in [5.74, 6) is 0. The first-order valence-electron chi connectivity index (χ1n) is 5.55. The van der Waals surface area contributed by atoms with E-state index in [4.69, 9.17) is 4.74 Å². The lowest BCUT2D eigenvalue weighted by Gasteiger charge is -2.27. The highest BCUT2D eigenvalue weighted by Crippen LogP contribution is 2.47. The molecule has 16 heavy (non-hydrogen) atoms. The summed E-state index contributed by atoms with van der Waals surface area (Å²) in [5.41, 5.74) is 1.23. The molecule has 2 aromatic heterocycles. The maximum atomic E-state index is 6.13. The van der Waals surface area contributed by atoms with E-state index in [2.05, 4.69) is 35.9 Å². The third-order valence-electron chi connectivity index (χ3n) is 3.17. The van der Waals surface area contributed by atoms with Crippen LogP contribution in [0.3, 0.4) is 0 Å². The van der Waals surface area contributed by atoms with Gasteiger partial charge in [0.2, 0.25) is 0 Å². The third kappa shape index (κ3) is 1.46. The van der Waals surface area contributed by atoms with Crippen molar-refractivity contribution in [2.75, 3.05) is 6.61 Å². The van der Waals surface area contributed by atoms with Crippen LogP contribution in [0.25, 0.3) is 0 Å². The Balaban J connectivity index is 2.14. The molecular formula is C13H14OS2. The molecule has 0 saturated carbocycles. The SMILES string of the molecule is Cc1ccsc1[C@]1(c2cccs2)CCCO1. The minimum Gasteiger partial charge on any atom is -0.364 e. The van der Waals surface area contributed by atoms with E-state index in [0.717, 1.165) is 19.4 Å². The van der Waals surface area contributed by atoms with Crippen LogP contribution in [0.2, 0.25) is 0 Å². The Hall–Kier alpha value is -0.640.